The summed E-state index contributed by atoms with van der Waals surface area (Å²) in [4.78, 5) is 11.0. The Kier molecular flexibility index (Phi) is 3.22. The van der Waals surface area contributed by atoms with Gasteiger partial charge < -0.3 is 14.6 Å². The van der Waals surface area contributed by atoms with E-state index in [1.807, 2.05) is 13.0 Å². The lowest BCUT2D eigenvalue weighted by molar-refractivity contribution is -0.142. The molecular weight excluding hydrogens is 220 g/mol. The van der Waals surface area contributed by atoms with Crippen LogP contribution in [-0.4, -0.2) is 24.8 Å². The zero-order chi connectivity index (χ0) is 12.4. The van der Waals surface area contributed by atoms with Gasteiger partial charge in [-0.2, -0.15) is 0 Å². The molecule has 1 aliphatic carbocycles. The number of carbonyl (C=O) groups excluding carboxylic acids is 1. The van der Waals surface area contributed by atoms with Gasteiger partial charge >= 0.3 is 5.97 Å². The number of phenols is 1. The van der Waals surface area contributed by atoms with Gasteiger partial charge in [-0.15, -0.1) is 0 Å². The van der Waals surface area contributed by atoms with E-state index in [9.17, 15) is 9.90 Å². The van der Waals surface area contributed by atoms with Crippen molar-refractivity contribution in [1.82, 2.24) is 0 Å². The van der Waals surface area contributed by atoms with Crippen LogP contribution in [0.5, 0.6) is 11.5 Å². The number of aryl methyl sites for hydroxylation is 1. The van der Waals surface area contributed by atoms with Gasteiger partial charge in [0.1, 0.15) is 11.5 Å². The Morgan fingerprint density at radius 2 is 2.18 bits per heavy atom. The number of hydrogen-bond donors (Lipinski definition) is 1. The lowest BCUT2D eigenvalue weighted by Gasteiger charge is -2.11. The zero-order valence-corrected chi connectivity index (χ0v) is 10.0. The summed E-state index contributed by atoms with van der Waals surface area (Å²) in [6.45, 7) is 1.73. The summed E-state index contributed by atoms with van der Waals surface area (Å²) in [6, 6.07) is 3.51. The molecule has 1 aliphatic rings. The first-order valence-corrected chi connectivity index (χ1v) is 5.65. The van der Waals surface area contributed by atoms with E-state index in [0.29, 0.717) is 17.4 Å². The highest BCUT2D eigenvalue weighted by atomic mass is 16.6. The maximum atomic E-state index is 11.0. The van der Waals surface area contributed by atoms with Crippen LogP contribution in [0, 0.1) is 6.92 Å². The van der Waals surface area contributed by atoms with E-state index in [1.54, 1.807) is 6.07 Å². The fourth-order valence-electron chi connectivity index (χ4n) is 1.76. The molecule has 1 aromatic rings. The molecule has 1 saturated carbocycles. The van der Waals surface area contributed by atoms with E-state index in [1.165, 1.54) is 7.11 Å². The molecule has 1 fully saturated rings. The smallest absolute Gasteiger partial charge is 0.343 e. The third kappa shape index (κ3) is 2.70. The van der Waals surface area contributed by atoms with Crippen molar-refractivity contribution >= 4 is 5.97 Å². The molecule has 0 aromatic heterocycles. The molecular formula is C13H16O4. The van der Waals surface area contributed by atoms with Gasteiger partial charge in [0.15, 0.2) is 6.61 Å². The number of ether oxygens (including phenoxy) is 2. The van der Waals surface area contributed by atoms with Crippen LogP contribution in [0.25, 0.3) is 0 Å². The molecule has 17 heavy (non-hydrogen) atoms. The summed E-state index contributed by atoms with van der Waals surface area (Å²) in [6.07, 6.45) is 2.21. The molecule has 0 saturated heterocycles. The van der Waals surface area contributed by atoms with E-state index >= 15 is 0 Å². The number of aromatic hydroxyl groups is 1. The number of methoxy groups -OCH3 is 1. The maximum absolute atomic E-state index is 11.0. The van der Waals surface area contributed by atoms with Gasteiger partial charge in [-0.05, 0) is 43.4 Å². The van der Waals surface area contributed by atoms with Crippen molar-refractivity contribution in [2.45, 2.75) is 25.7 Å². The molecule has 0 aliphatic heterocycles. The third-order valence-corrected chi connectivity index (χ3v) is 2.91. The van der Waals surface area contributed by atoms with Crippen molar-refractivity contribution in [2.75, 3.05) is 13.7 Å². The van der Waals surface area contributed by atoms with E-state index in [0.717, 1.165) is 24.0 Å². The van der Waals surface area contributed by atoms with Crippen molar-refractivity contribution in [2.24, 2.45) is 0 Å². The summed E-state index contributed by atoms with van der Waals surface area (Å²) in [7, 11) is 1.32. The summed E-state index contributed by atoms with van der Waals surface area (Å²) in [5.41, 5.74) is 1.73. The number of benzene rings is 1. The fraction of sp³-hybridized carbons (Fsp3) is 0.462. The SMILES string of the molecule is COC(=O)COc1cc(C2CC2)c(O)cc1C. The van der Waals surface area contributed by atoms with Gasteiger partial charge in [0.25, 0.3) is 0 Å². The number of esters is 1. The van der Waals surface area contributed by atoms with Crippen LogP contribution >= 0.6 is 0 Å². The Morgan fingerprint density at radius 1 is 1.47 bits per heavy atom. The van der Waals surface area contributed by atoms with Crippen molar-refractivity contribution < 1.29 is 19.4 Å². The second-order valence-corrected chi connectivity index (χ2v) is 4.32. The molecule has 2 rings (SSSR count). The third-order valence-electron chi connectivity index (χ3n) is 2.91. The van der Waals surface area contributed by atoms with Gasteiger partial charge in [-0.1, -0.05) is 0 Å². The van der Waals surface area contributed by atoms with Gasteiger partial charge in [0, 0.05) is 5.56 Å². The summed E-state index contributed by atoms with van der Waals surface area (Å²) < 4.78 is 9.89. The second-order valence-electron chi connectivity index (χ2n) is 4.32. The van der Waals surface area contributed by atoms with Crippen LogP contribution in [0.2, 0.25) is 0 Å². The molecule has 1 aromatic carbocycles. The normalized spacial score (nSPS) is 14.5. The highest BCUT2D eigenvalue weighted by Gasteiger charge is 2.27. The van der Waals surface area contributed by atoms with Crippen molar-refractivity contribution in [1.29, 1.82) is 0 Å². The average molecular weight is 236 g/mol. The topological polar surface area (TPSA) is 55.8 Å². The Labute approximate surface area is 100 Å². The van der Waals surface area contributed by atoms with Gasteiger partial charge in [0.2, 0.25) is 0 Å². The Hall–Kier alpha value is -1.71. The molecule has 0 unspecified atom stereocenters. The Balaban J connectivity index is 2.15. The van der Waals surface area contributed by atoms with Gasteiger partial charge in [-0.25, -0.2) is 4.79 Å². The van der Waals surface area contributed by atoms with Crippen LogP contribution in [0.3, 0.4) is 0 Å². The number of hydrogen-bond acceptors (Lipinski definition) is 4. The standard InChI is InChI=1S/C13H16O4/c1-8-5-11(14)10(9-3-4-9)6-12(8)17-7-13(15)16-2/h5-6,9,14H,3-4,7H2,1-2H3. The first-order valence-electron chi connectivity index (χ1n) is 5.65. The molecule has 4 nitrogen and oxygen atoms in total. The Morgan fingerprint density at radius 3 is 2.76 bits per heavy atom. The number of carbonyl (C=O) groups is 1. The summed E-state index contributed by atoms with van der Waals surface area (Å²) >= 11 is 0. The monoisotopic (exact) mass is 236 g/mol. The minimum atomic E-state index is -0.412. The van der Waals surface area contributed by atoms with Crippen molar-refractivity contribution in [3.05, 3.63) is 23.3 Å². The Bertz CT molecular complexity index is 435. The predicted octanol–water partition coefficient (Wildman–Crippen LogP) is 2.13. The molecule has 0 spiro atoms. The van der Waals surface area contributed by atoms with E-state index < -0.39 is 5.97 Å². The molecule has 92 valence electrons. The van der Waals surface area contributed by atoms with Crippen LogP contribution in [0.15, 0.2) is 12.1 Å². The zero-order valence-electron chi connectivity index (χ0n) is 10.0. The molecule has 1 N–H and O–H groups in total. The van der Waals surface area contributed by atoms with Crippen LogP contribution in [0.1, 0.15) is 29.9 Å². The van der Waals surface area contributed by atoms with Crippen LogP contribution < -0.4 is 4.74 Å². The minimum absolute atomic E-state index is 0.105. The summed E-state index contributed by atoms with van der Waals surface area (Å²) in [5.74, 6) is 0.979. The first-order chi connectivity index (χ1) is 8.11. The van der Waals surface area contributed by atoms with Crippen molar-refractivity contribution in [3.8, 4) is 11.5 Å². The van der Waals surface area contributed by atoms with Gasteiger partial charge in [-0.3, -0.25) is 0 Å². The van der Waals surface area contributed by atoms with Gasteiger partial charge in [0.05, 0.1) is 7.11 Å². The number of phenolic OH excluding ortho intramolecular Hbond substituents is 1. The minimum Gasteiger partial charge on any atom is -0.508 e. The highest BCUT2D eigenvalue weighted by molar-refractivity contribution is 5.71. The first kappa shape index (κ1) is 11.8. The van der Waals surface area contributed by atoms with E-state index in [4.69, 9.17) is 4.74 Å². The molecule has 0 radical (unpaired) electrons. The van der Waals surface area contributed by atoms with Crippen LogP contribution in [-0.2, 0) is 9.53 Å². The average Bonchev–Trinajstić information content (AvgIpc) is 3.11. The van der Waals surface area contributed by atoms with Crippen molar-refractivity contribution in [3.63, 3.8) is 0 Å². The fourth-order valence-corrected chi connectivity index (χ4v) is 1.76. The highest BCUT2D eigenvalue weighted by Crippen LogP contribution is 2.45. The predicted molar refractivity (Wildman–Crippen MR) is 62.3 cm³/mol. The van der Waals surface area contributed by atoms with Crippen LogP contribution in [0.4, 0.5) is 0 Å². The molecule has 0 atom stereocenters. The molecule has 0 heterocycles. The maximum Gasteiger partial charge on any atom is 0.343 e. The lowest BCUT2D eigenvalue weighted by Crippen LogP contribution is -2.13. The molecule has 0 amide bonds. The largest absolute Gasteiger partial charge is 0.508 e. The number of rotatable bonds is 4. The summed E-state index contributed by atoms with van der Waals surface area (Å²) in [5, 5.41) is 9.80. The molecule has 4 heteroatoms. The quantitative estimate of drug-likeness (QED) is 0.814. The van der Waals surface area contributed by atoms with E-state index in [2.05, 4.69) is 4.74 Å². The van der Waals surface area contributed by atoms with E-state index in [-0.39, 0.29) is 6.61 Å². The lowest BCUT2D eigenvalue weighted by atomic mass is 10.1. The second kappa shape index (κ2) is 4.65. The molecule has 0 bridgehead atoms.